The molecule has 1 nitrogen and oxygen atoms in total. The molecule has 0 aliphatic rings. The van der Waals surface area contributed by atoms with Gasteiger partial charge in [0.15, 0.2) is 0 Å². The number of hydrogen-bond donors (Lipinski definition) is 1. The lowest BCUT2D eigenvalue weighted by atomic mass is 9.98. The van der Waals surface area contributed by atoms with Gasteiger partial charge in [-0.25, -0.2) is 0 Å². The number of alkyl halides is 3. The Hall–Kier alpha value is -0.260. The molecule has 0 spiro atoms. The summed E-state index contributed by atoms with van der Waals surface area (Å²) in [5.74, 6) is 0. The van der Waals surface area contributed by atoms with E-state index < -0.39 is 18.6 Å². The molecule has 0 radical (unpaired) electrons. The van der Waals surface area contributed by atoms with Gasteiger partial charge in [-0.15, -0.1) is 12.4 Å². The first-order chi connectivity index (χ1) is 7.29. The molecule has 6 heteroatoms. The molecule has 98 valence electrons. The topological polar surface area (TPSA) is 26.0 Å². The maximum absolute atomic E-state index is 12.0. The first-order valence-electron chi connectivity index (χ1n) is 4.88. The van der Waals surface area contributed by atoms with Crippen LogP contribution >= 0.6 is 28.3 Å². The first kappa shape index (κ1) is 16.7. The summed E-state index contributed by atoms with van der Waals surface area (Å²) < 4.78 is 37.0. The fraction of sp³-hybridized carbons (Fsp3) is 0.455. The third kappa shape index (κ3) is 5.75. The molecule has 0 bridgehead atoms. The Morgan fingerprint density at radius 1 is 1.35 bits per heavy atom. The van der Waals surface area contributed by atoms with Gasteiger partial charge in [0, 0.05) is 16.9 Å². The zero-order valence-corrected chi connectivity index (χ0v) is 11.6. The Morgan fingerprint density at radius 2 is 1.94 bits per heavy atom. The van der Waals surface area contributed by atoms with Gasteiger partial charge in [0.1, 0.15) is 0 Å². The van der Waals surface area contributed by atoms with Gasteiger partial charge in [-0.2, -0.15) is 13.2 Å². The summed E-state index contributed by atoms with van der Waals surface area (Å²) in [4.78, 5) is 0. The van der Waals surface area contributed by atoms with Gasteiger partial charge >= 0.3 is 6.18 Å². The summed E-state index contributed by atoms with van der Waals surface area (Å²) in [6.45, 7) is 1.84. The van der Waals surface area contributed by atoms with Crippen molar-refractivity contribution < 1.29 is 13.2 Å². The molecule has 1 aromatic carbocycles. The average molecular weight is 333 g/mol. The lowest BCUT2D eigenvalue weighted by Crippen LogP contribution is -2.16. The van der Waals surface area contributed by atoms with E-state index in [0.717, 1.165) is 15.6 Å². The Kier molecular flexibility index (Phi) is 6.51. The normalized spacial score (nSPS) is 13.1. The van der Waals surface area contributed by atoms with Gasteiger partial charge in [-0.3, -0.25) is 0 Å². The Bertz CT molecular complexity index is 368. The van der Waals surface area contributed by atoms with Crippen LogP contribution in [0.2, 0.25) is 0 Å². The molecule has 1 aromatic rings. The van der Waals surface area contributed by atoms with E-state index in [4.69, 9.17) is 5.73 Å². The highest BCUT2D eigenvalue weighted by Crippen LogP contribution is 2.28. The highest BCUT2D eigenvalue weighted by atomic mass is 79.9. The molecule has 0 aliphatic heterocycles. The van der Waals surface area contributed by atoms with Crippen molar-refractivity contribution >= 4 is 28.3 Å². The highest BCUT2D eigenvalue weighted by Gasteiger charge is 2.28. The maximum Gasteiger partial charge on any atom is 0.389 e. The fourth-order valence-corrected chi connectivity index (χ4v) is 1.86. The van der Waals surface area contributed by atoms with Crippen molar-refractivity contribution in [3.05, 3.63) is 33.8 Å². The second kappa shape index (κ2) is 6.61. The van der Waals surface area contributed by atoms with Crippen LogP contribution in [0.1, 0.15) is 30.0 Å². The van der Waals surface area contributed by atoms with E-state index in [1.54, 1.807) is 6.07 Å². The van der Waals surface area contributed by atoms with Gasteiger partial charge in [-0.1, -0.05) is 22.0 Å². The SMILES string of the molecule is Cc1ccc(Br)cc1[C@H](N)CCC(F)(F)F.Cl. The van der Waals surface area contributed by atoms with Crippen LogP contribution in [0.5, 0.6) is 0 Å². The molecule has 1 rings (SSSR count). The van der Waals surface area contributed by atoms with Crippen LogP contribution in [0.3, 0.4) is 0 Å². The minimum absolute atomic E-state index is 0. The molecule has 1 atom stereocenters. The van der Waals surface area contributed by atoms with E-state index in [0.29, 0.717) is 0 Å². The van der Waals surface area contributed by atoms with Crippen LogP contribution in [0, 0.1) is 6.92 Å². The number of aryl methyl sites for hydroxylation is 1. The van der Waals surface area contributed by atoms with Crippen molar-refractivity contribution in [1.29, 1.82) is 0 Å². The number of nitrogens with two attached hydrogens (primary N) is 1. The zero-order chi connectivity index (χ0) is 12.3. The van der Waals surface area contributed by atoms with Gasteiger partial charge in [0.25, 0.3) is 0 Å². The van der Waals surface area contributed by atoms with Gasteiger partial charge < -0.3 is 5.73 Å². The van der Waals surface area contributed by atoms with Crippen LogP contribution in [-0.2, 0) is 0 Å². The van der Waals surface area contributed by atoms with Crippen LogP contribution < -0.4 is 5.73 Å². The van der Waals surface area contributed by atoms with Crippen molar-refractivity contribution in [1.82, 2.24) is 0 Å². The molecule has 0 saturated heterocycles. The number of benzene rings is 1. The standard InChI is InChI=1S/C11H13BrF3N.ClH/c1-7-2-3-8(12)6-9(7)10(16)4-5-11(13,14)15;/h2-3,6,10H,4-5,16H2,1H3;1H/t10-;/m1./s1. The molecule has 0 unspecified atom stereocenters. The third-order valence-electron chi connectivity index (χ3n) is 2.38. The van der Waals surface area contributed by atoms with E-state index in [-0.39, 0.29) is 18.8 Å². The van der Waals surface area contributed by atoms with Crippen molar-refractivity contribution in [2.75, 3.05) is 0 Å². The predicted octanol–water partition coefficient (Wildman–Crippen LogP) is 4.52. The van der Waals surface area contributed by atoms with E-state index in [1.807, 2.05) is 19.1 Å². The Balaban J connectivity index is 0.00000256. The molecular weight excluding hydrogens is 318 g/mol. The molecule has 0 fully saturated rings. The lowest BCUT2D eigenvalue weighted by Gasteiger charge is -2.16. The zero-order valence-electron chi connectivity index (χ0n) is 9.22. The summed E-state index contributed by atoms with van der Waals surface area (Å²) in [7, 11) is 0. The van der Waals surface area contributed by atoms with Crippen molar-refractivity contribution in [3.8, 4) is 0 Å². The molecular formula is C11H14BrClF3N. The Labute approximate surface area is 113 Å². The predicted molar refractivity (Wildman–Crippen MR) is 68.3 cm³/mol. The monoisotopic (exact) mass is 331 g/mol. The number of halogens is 5. The number of rotatable bonds is 3. The Morgan fingerprint density at radius 3 is 2.47 bits per heavy atom. The van der Waals surface area contributed by atoms with Gasteiger partial charge in [0.2, 0.25) is 0 Å². The van der Waals surface area contributed by atoms with Crippen LogP contribution in [0.4, 0.5) is 13.2 Å². The van der Waals surface area contributed by atoms with Crippen LogP contribution in [0.15, 0.2) is 22.7 Å². The average Bonchev–Trinajstić information content (AvgIpc) is 2.17. The molecule has 2 N–H and O–H groups in total. The maximum atomic E-state index is 12.0. The van der Waals surface area contributed by atoms with E-state index in [9.17, 15) is 13.2 Å². The van der Waals surface area contributed by atoms with E-state index in [1.165, 1.54) is 0 Å². The minimum atomic E-state index is -4.14. The number of hydrogen-bond acceptors (Lipinski definition) is 1. The summed E-state index contributed by atoms with van der Waals surface area (Å²) in [6.07, 6.45) is -5.07. The van der Waals surface area contributed by atoms with Crippen molar-refractivity contribution in [3.63, 3.8) is 0 Å². The van der Waals surface area contributed by atoms with E-state index in [2.05, 4.69) is 15.9 Å². The molecule has 17 heavy (non-hydrogen) atoms. The first-order valence-corrected chi connectivity index (χ1v) is 5.67. The molecule has 0 aromatic heterocycles. The van der Waals surface area contributed by atoms with E-state index >= 15 is 0 Å². The molecule has 0 aliphatic carbocycles. The highest BCUT2D eigenvalue weighted by molar-refractivity contribution is 9.10. The minimum Gasteiger partial charge on any atom is -0.324 e. The second-order valence-electron chi connectivity index (χ2n) is 3.76. The van der Waals surface area contributed by atoms with Gasteiger partial charge in [0.05, 0.1) is 0 Å². The molecule has 0 heterocycles. The summed E-state index contributed by atoms with van der Waals surface area (Å²) in [5.41, 5.74) is 7.43. The third-order valence-corrected chi connectivity index (χ3v) is 2.87. The summed E-state index contributed by atoms with van der Waals surface area (Å²) >= 11 is 3.28. The molecule has 0 saturated carbocycles. The summed E-state index contributed by atoms with van der Waals surface area (Å²) in [6, 6.07) is 4.89. The summed E-state index contributed by atoms with van der Waals surface area (Å²) in [5, 5.41) is 0. The lowest BCUT2D eigenvalue weighted by molar-refractivity contribution is -0.136. The van der Waals surface area contributed by atoms with Gasteiger partial charge in [-0.05, 0) is 36.6 Å². The molecule has 0 amide bonds. The largest absolute Gasteiger partial charge is 0.389 e. The van der Waals surface area contributed by atoms with Crippen molar-refractivity contribution in [2.45, 2.75) is 32.0 Å². The smallest absolute Gasteiger partial charge is 0.324 e. The fourth-order valence-electron chi connectivity index (χ4n) is 1.49. The van der Waals surface area contributed by atoms with Crippen LogP contribution in [-0.4, -0.2) is 6.18 Å². The quantitative estimate of drug-likeness (QED) is 0.865. The van der Waals surface area contributed by atoms with Crippen LogP contribution in [0.25, 0.3) is 0 Å². The second-order valence-corrected chi connectivity index (χ2v) is 4.68. The van der Waals surface area contributed by atoms with Crippen molar-refractivity contribution in [2.24, 2.45) is 5.73 Å².